The summed E-state index contributed by atoms with van der Waals surface area (Å²) in [5.41, 5.74) is 0. The second-order valence-electron chi connectivity index (χ2n) is 2.46. The van der Waals surface area contributed by atoms with Gasteiger partial charge in [0.05, 0.1) is 25.4 Å². The second-order valence-corrected chi connectivity index (χ2v) is 3.53. The van der Waals surface area contributed by atoms with Crippen LogP contribution in [0.25, 0.3) is 0 Å². The lowest BCUT2D eigenvalue weighted by Gasteiger charge is -2.34. The number of rotatable bonds is 0. The second kappa shape index (κ2) is 2.48. The molecule has 2 bridgehead atoms. The maximum Gasteiger partial charge on any atom is 0.0903 e. The summed E-state index contributed by atoms with van der Waals surface area (Å²) in [6.07, 6.45) is 0.782. The summed E-state index contributed by atoms with van der Waals surface area (Å²) in [7, 11) is 0. The lowest BCUT2D eigenvalue weighted by atomic mass is 10.3. The van der Waals surface area contributed by atoms with Crippen molar-refractivity contribution < 1.29 is 9.47 Å². The molecule has 0 aromatic rings. The molecule has 2 rings (SSSR count). The maximum absolute atomic E-state index is 5.58. The zero-order chi connectivity index (χ0) is 6.10. The highest BCUT2D eigenvalue weighted by molar-refractivity contribution is 7.99. The number of hydrogen-bond acceptors (Lipinski definition) is 3. The smallest absolute Gasteiger partial charge is 0.0903 e. The van der Waals surface area contributed by atoms with E-state index in [-0.39, 0.29) is 0 Å². The van der Waals surface area contributed by atoms with Gasteiger partial charge in [0.2, 0.25) is 0 Å². The normalized spacial score (nSPS) is 42.7. The standard InChI is InChI=1S/C6H10O2S/c1-5-3-9-4-6(8-5)2-7-1/h5-6H,1-4H2. The average Bonchev–Trinajstić information content (AvgIpc) is 1.88. The largest absolute Gasteiger partial charge is 0.376 e. The summed E-state index contributed by atoms with van der Waals surface area (Å²) in [4.78, 5) is 0. The predicted octanol–water partition coefficient (Wildman–Crippen LogP) is 0.517. The molecule has 2 unspecified atom stereocenters. The molecular weight excluding hydrogens is 136 g/mol. The van der Waals surface area contributed by atoms with Crippen molar-refractivity contribution >= 4 is 11.8 Å². The quantitative estimate of drug-likeness (QED) is 0.496. The van der Waals surface area contributed by atoms with Crippen LogP contribution in [0.4, 0.5) is 0 Å². The molecule has 0 aliphatic carbocycles. The van der Waals surface area contributed by atoms with Gasteiger partial charge in [0.15, 0.2) is 0 Å². The molecule has 0 amide bonds. The summed E-state index contributed by atoms with van der Waals surface area (Å²) in [6, 6.07) is 0. The molecule has 2 aliphatic heterocycles. The minimum absolute atomic E-state index is 0.391. The fourth-order valence-corrected chi connectivity index (χ4v) is 2.20. The van der Waals surface area contributed by atoms with E-state index in [9.17, 15) is 0 Å². The lowest BCUT2D eigenvalue weighted by molar-refractivity contribution is -0.123. The fraction of sp³-hybridized carbons (Fsp3) is 1.00. The van der Waals surface area contributed by atoms with Crippen molar-refractivity contribution in [3.63, 3.8) is 0 Å². The van der Waals surface area contributed by atoms with Gasteiger partial charge in [-0.3, -0.25) is 0 Å². The monoisotopic (exact) mass is 146 g/mol. The zero-order valence-corrected chi connectivity index (χ0v) is 6.02. The van der Waals surface area contributed by atoms with E-state index in [1.54, 1.807) is 0 Å². The molecule has 9 heavy (non-hydrogen) atoms. The molecule has 0 N–H and O–H groups in total. The summed E-state index contributed by atoms with van der Waals surface area (Å²) in [6.45, 7) is 1.62. The minimum Gasteiger partial charge on any atom is -0.376 e. The molecule has 0 aromatic heterocycles. The van der Waals surface area contributed by atoms with Crippen LogP contribution in [0.3, 0.4) is 0 Å². The molecule has 0 spiro atoms. The first kappa shape index (κ1) is 6.01. The topological polar surface area (TPSA) is 18.5 Å². The van der Waals surface area contributed by atoms with Gasteiger partial charge >= 0.3 is 0 Å². The van der Waals surface area contributed by atoms with Crippen molar-refractivity contribution in [1.29, 1.82) is 0 Å². The number of thioether (sulfide) groups is 1. The van der Waals surface area contributed by atoms with Gasteiger partial charge in [-0.2, -0.15) is 11.8 Å². The first-order valence-electron chi connectivity index (χ1n) is 3.26. The van der Waals surface area contributed by atoms with Crippen molar-refractivity contribution in [1.82, 2.24) is 0 Å². The van der Waals surface area contributed by atoms with Crippen molar-refractivity contribution in [3.05, 3.63) is 0 Å². The van der Waals surface area contributed by atoms with Crippen molar-refractivity contribution in [3.8, 4) is 0 Å². The van der Waals surface area contributed by atoms with E-state index in [1.807, 2.05) is 11.8 Å². The van der Waals surface area contributed by atoms with Crippen LogP contribution in [0.1, 0.15) is 0 Å². The van der Waals surface area contributed by atoms with Crippen molar-refractivity contribution in [2.24, 2.45) is 0 Å². The highest BCUT2D eigenvalue weighted by Crippen LogP contribution is 2.21. The number of hydrogen-bond donors (Lipinski definition) is 0. The third-order valence-electron chi connectivity index (χ3n) is 1.60. The molecule has 2 fully saturated rings. The molecule has 52 valence electrons. The summed E-state index contributed by atoms with van der Waals surface area (Å²) < 4.78 is 10.9. The van der Waals surface area contributed by atoms with Gasteiger partial charge in [-0.15, -0.1) is 0 Å². The Morgan fingerprint density at radius 2 is 1.78 bits per heavy atom. The van der Waals surface area contributed by atoms with Crippen LogP contribution in [0.5, 0.6) is 0 Å². The van der Waals surface area contributed by atoms with Crippen LogP contribution in [0.15, 0.2) is 0 Å². The van der Waals surface area contributed by atoms with Crippen LogP contribution in [-0.2, 0) is 9.47 Å². The average molecular weight is 146 g/mol. The van der Waals surface area contributed by atoms with E-state index >= 15 is 0 Å². The Kier molecular flexibility index (Phi) is 1.66. The van der Waals surface area contributed by atoms with Crippen molar-refractivity contribution in [2.75, 3.05) is 24.7 Å². The highest BCUT2D eigenvalue weighted by Gasteiger charge is 2.27. The van der Waals surface area contributed by atoms with Gasteiger partial charge in [-0.05, 0) is 0 Å². The molecule has 2 nitrogen and oxygen atoms in total. The van der Waals surface area contributed by atoms with E-state index in [4.69, 9.17) is 9.47 Å². The van der Waals surface area contributed by atoms with Crippen LogP contribution in [0, 0.1) is 0 Å². The lowest BCUT2D eigenvalue weighted by Crippen LogP contribution is -2.42. The van der Waals surface area contributed by atoms with E-state index in [0.29, 0.717) is 12.2 Å². The Morgan fingerprint density at radius 3 is 2.33 bits per heavy atom. The maximum atomic E-state index is 5.58. The predicted molar refractivity (Wildman–Crippen MR) is 36.8 cm³/mol. The summed E-state index contributed by atoms with van der Waals surface area (Å²) in [5.74, 6) is 2.24. The van der Waals surface area contributed by atoms with Crippen LogP contribution < -0.4 is 0 Å². The molecule has 2 heterocycles. The number of ether oxygens (including phenoxy) is 2. The Labute approximate surface area is 58.9 Å². The Balaban J connectivity index is 1.96. The van der Waals surface area contributed by atoms with E-state index in [1.165, 1.54) is 0 Å². The van der Waals surface area contributed by atoms with Gasteiger partial charge in [-0.25, -0.2) is 0 Å². The molecule has 0 saturated carbocycles. The van der Waals surface area contributed by atoms with E-state index in [2.05, 4.69) is 0 Å². The minimum atomic E-state index is 0.391. The Morgan fingerprint density at radius 1 is 1.11 bits per heavy atom. The van der Waals surface area contributed by atoms with E-state index in [0.717, 1.165) is 24.7 Å². The van der Waals surface area contributed by atoms with Gasteiger partial charge in [0.25, 0.3) is 0 Å². The summed E-state index contributed by atoms with van der Waals surface area (Å²) >= 11 is 1.98. The van der Waals surface area contributed by atoms with E-state index < -0.39 is 0 Å². The third-order valence-corrected chi connectivity index (χ3v) is 2.81. The first-order chi connectivity index (χ1) is 4.45. The van der Waals surface area contributed by atoms with Gasteiger partial charge in [0, 0.05) is 11.5 Å². The Bertz CT molecular complexity index is 87.2. The first-order valence-corrected chi connectivity index (χ1v) is 4.41. The molecule has 3 heteroatoms. The fourth-order valence-electron chi connectivity index (χ4n) is 1.19. The van der Waals surface area contributed by atoms with Crippen LogP contribution >= 0.6 is 11.8 Å². The SMILES string of the molecule is C1OCC2CSCC1O2. The van der Waals surface area contributed by atoms with Gasteiger partial charge < -0.3 is 9.47 Å². The molecular formula is C6H10O2S. The zero-order valence-electron chi connectivity index (χ0n) is 5.21. The van der Waals surface area contributed by atoms with Crippen LogP contribution in [-0.4, -0.2) is 36.9 Å². The third kappa shape index (κ3) is 1.23. The summed E-state index contributed by atoms with van der Waals surface area (Å²) in [5, 5.41) is 0. The molecule has 2 saturated heterocycles. The molecule has 2 aliphatic rings. The highest BCUT2D eigenvalue weighted by atomic mass is 32.2. The van der Waals surface area contributed by atoms with Crippen molar-refractivity contribution in [2.45, 2.75) is 12.2 Å². The number of fused-ring (bicyclic) bond motifs is 2. The molecule has 0 radical (unpaired) electrons. The van der Waals surface area contributed by atoms with Crippen LogP contribution in [0.2, 0.25) is 0 Å². The molecule has 0 aromatic carbocycles. The Hall–Kier alpha value is 0.270. The molecule has 2 atom stereocenters. The van der Waals surface area contributed by atoms with Gasteiger partial charge in [0.1, 0.15) is 0 Å². The van der Waals surface area contributed by atoms with Gasteiger partial charge in [-0.1, -0.05) is 0 Å².